The van der Waals surface area contributed by atoms with Crippen LogP contribution in [0.2, 0.25) is 0 Å². The minimum absolute atomic E-state index is 0.307. The molecular weight excluding hydrogens is 248 g/mol. The van der Waals surface area contributed by atoms with Crippen molar-refractivity contribution in [3.05, 3.63) is 23.8 Å². The molecule has 1 heterocycles. The summed E-state index contributed by atoms with van der Waals surface area (Å²) < 4.78 is 5.60. The van der Waals surface area contributed by atoms with Crippen LogP contribution in [0, 0.1) is 11.8 Å². The van der Waals surface area contributed by atoms with Gasteiger partial charge in [0.1, 0.15) is 5.75 Å². The number of nitrogens with zero attached hydrogens (tertiary/aromatic N) is 1. The summed E-state index contributed by atoms with van der Waals surface area (Å²) in [4.78, 5) is 2.58. The maximum absolute atomic E-state index is 5.60. The van der Waals surface area contributed by atoms with Gasteiger partial charge in [-0.15, -0.1) is 0 Å². The number of rotatable bonds is 4. The molecule has 3 atom stereocenters. The van der Waals surface area contributed by atoms with Crippen LogP contribution in [0.25, 0.3) is 0 Å². The van der Waals surface area contributed by atoms with E-state index in [1.807, 2.05) is 7.05 Å². The first-order valence-corrected chi connectivity index (χ1v) is 7.83. The lowest BCUT2D eigenvalue weighted by atomic mass is 10.0. The van der Waals surface area contributed by atoms with Crippen LogP contribution in [-0.2, 0) is 0 Å². The number of methoxy groups -OCH3 is 1. The van der Waals surface area contributed by atoms with Gasteiger partial charge in [-0.1, -0.05) is 12.5 Å². The zero-order valence-corrected chi connectivity index (χ0v) is 12.9. The lowest BCUT2D eigenvalue weighted by molar-refractivity contribution is 0.404. The van der Waals surface area contributed by atoms with Gasteiger partial charge < -0.3 is 15.0 Å². The minimum atomic E-state index is 0.307. The fraction of sp³-hybridized carbons (Fsp3) is 0.647. The Kier molecular flexibility index (Phi) is 3.88. The number of ether oxygens (including phenoxy) is 1. The summed E-state index contributed by atoms with van der Waals surface area (Å²) >= 11 is 0. The van der Waals surface area contributed by atoms with E-state index in [-0.39, 0.29) is 0 Å². The highest BCUT2D eigenvalue weighted by Crippen LogP contribution is 2.42. The molecule has 1 N–H and O–H groups in total. The molecule has 0 aromatic heterocycles. The van der Waals surface area contributed by atoms with E-state index in [1.54, 1.807) is 7.11 Å². The van der Waals surface area contributed by atoms with Crippen molar-refractivity contribution in [2.24, 2.45) is 11.8 Å². The second-order valence-corrected chi connectivity index (χ2v) is 6.26. The molecule has 2 aliphatic rings. The molecule has 3 rings (SSSR count). The maximum Gasteiger partial charge on any atom is 0.125 e. The van der Waals surface area contributed by atoms with Crippen molar-refractivity contribution in [1.29, 1.82) is 0 Å². The molecule has 110 valence electrons. The van der Waals surface area contributed by atoms with Gasteiger partial charge >= 0.3 is 0 Å². The molecule has 0 amide bonds. The van der Waals surface area contributed by atoms with Gasteiger partial charge in [-0.2, -0.15) is 0 Å². The fourth-order valence-corrected chi connectivity index (χ4v) is 4.00. The average Bonchev–Trinajstić information content (AvgIpc) is 3.06. The quantitative estimate of drug-likeness (QED) is 0.912. The lowest BCUT2D eigenvalue weighted by Crippen LogP contribution is -2.25. The van der Waals surface area contributed by atoms with E-state index in [0.717, 1.165) is 17.6 Å². The second-order valence-electron chi connectivity index (χ2n) is 6.26. The van der Waals surface area contributed by atoms with Crippen molar-refractivity contribution >= 4 is 5.69 Å². The van der Waals surface area contributed by atoms with Crippen molar-refractivity contribution in [2.75, 3.05) is 32.1 Å². The van der Waals surface area contributed by atoms with Gasteiger partial charge in [0.05, 0.1) is 7.11 Å². The molecule has 1 aliphatic heterocycles. The fourth-order valence-electron chi connectivity index (χ4n) is 4.00. The summed E-state index contributed by atoms with van der Waals surface area (Å²) in [5.41, 5.74) is 2.66. The van der Waals surface area contributed by atoms with Crippen LogP contribution >= 0.6 is 0 Å². The Morgan fingerprint density at radius 3 is 2.55 bits per heavy atom. The Morgan fingerprint density at radius 2 is 1.95 bits per heavy atom. The Bertz CT molecular complexity index is 462. The van der Waals surface area contributed by atoms with Gasteiger partial charge in [0, 0.05) is 30.4 Å². The van der Waals surface area contributed by atoms with Crippen LogP contribution in [-0.4, -0.2) is 27.2 Å². The van der Waals surface area contributed by atoms with E-state index in [0.29, 0.717) is 6.04 Å². The van der Waals surface area contributed by atoms with Crippen LogP contribution in [0.1, 0.15) is 37.8 Å². The smallest absolute Gasteiger partial charge is 0.125 e. The van der Waals surface area contributed by atoms with Crippen LogP contribution in [0.5, 0.6) is 5.75 Å². The van der Waals surface area contributed by atoms with Crippen molar-refractivity contribution in [2.45, 2.75) is 32.2 Å². The van der Waals surface area contributed by atoms with Crippen LogP contribution in [0.15, 0.2) is 18.2 Å². The monoisotopic (exact) mass is 274 g/mol. The molecule has 2 fully saturated rings. The van der Waals surface area contributed by atoms with Crippen LogP contribution in [0.4, 0.5) is 5.69 Å². The summed E-state index contributed by atoms with van der Waals surface area (Å²) in [7, 11) is 3.78. The normalized spacial score (nSPS) is 26.6. The summed E-state index contributed by atoms with van der Waals surface area (Å²) in [5, 5.41) is 3.36. The Morgan fingerprint density at radius 1 is 1.25 bits per heavy atom. The molecule has 1 aliphatic carbocycles. The minimum Gasteiger partial charge on any atom is -0.496 e. The van der Waals surface area contributed by atoms with Crippen molar-refractivity contribution in [3.8, 4) is 5.75 Å². The zero-order valence-electron chi connectivity index (χ0n) is 12.9. The molecule has 1 aromatic carbocycles. The number of nitrogens with one attached hydrogen (secondary N) is 1. The molecule has 20 heavy (non-hydrogen) atoms. The largest absolute Gasteiger partial charge is 0.496 e. The van der Waals surface area contributed by atoms with Gasteiger partial charge in [-0.3, -0.25) is 0 Å². The van der Waals surface area contributed by atoms with Crippen molar-refractivity contribution < 1.29 is 4.74 Å². The molecule has 0 bridgehead atoms. The van der Waals surface area contributed by atoms with Gasteiger partial charge in [-0.25, -0.2) is 0 Å². The van der Waals surface area contributed by atoms with Crippen LogP contribution in [0.3, 0.4) is 0 Å². The third-order valence-electron chi connectivity index (χ3n) is 5.20. The molecule has 3 heteroatoms. The number of hydrogen-bond donors (Lipinski definition) is 1. The molecular formula is C17H26N2O. The van der Waals surface area contributed by atoms with Gasteiger partial charge in [0.25, 0.3) is 0 Å². The van der Waals surface area contributed by atoms with Crippen LogP contribution < -0.4 is 15.0 Å². The Hall–Kier alpha value is -1.22. The highest BCUT2D eigenvalue weighted by molar-refractivity contribution is 5.61. The Labute approximate surface area is 122 Å². The lowest BCUT2D eigenvalue weighted by Gasteiger charge is -2.27. The third kappa shape index (κ3) is 2.28. The summed E-state index contributed by atoms with van der Waals surface area (Å²) in [5.74, 6) is 2.83. The van der Waals surface area contributed by atoms with E-state index >= 15 is 0 Å². The second kappa shape index (κ2) is 5.65. The molecule has 3 unspecified atom stereocenters. The molecule has 1 saturated carbocycles. The van der Waals surface area contributed by atoms with E-state index in [9.17, 15) is 0 Å². The first-order valence-electron chi connectivity index (χ1n) is 7.83. The summed E-state index contributed by atoms with van der Waals surface area (Å²) in [6.07, 6.45) is 4.27. The first kappa shape index (κ1) is 13.7. The number of anilines is 1. The molecule has 0 spiro atoms. The number of hydrogen-bond acceptors (Lipinski definition) is 3. The third-order valence-corrected chi connectivity index (χ3v) is 5.20. The maximum atomic E-state index is 5.60. The predicted octanol–water partition coefficient (Wildman–Crippen LogP) is 3.21. The van der Waals surface area contributed by atoms with Gasteiger partial charge in [-0.05, 0) is 50.8 Å². The molecule has 1 saturated heterocycles. The molecule has 1 aromatic rings. The average molecular weight is 274 g/mol. The van der Waals surface area contributed by atoms with E-state index in [1.165, 1.54) is 43.6 Å². The van der Waals surface area contributed by atoms with E-state index in [4.69, 9.17) is 4.74 Å². The summed E-state index contributed by atoms with van der Waals surface area (Å²) in [6, 6.07) is 6.76. The number of fused-ring (bicyclic) bond motifs is 1. The van der Waals surface area contributed by atoms with Crippen molar-refractivity contribution in [3.63, 3.8) is 0 Å². The van der Waals surface area contributed by atoms with Gasteiger partial charge in [0.15, 0.2) is 0 Å². The van der Waals surface area contributed by atoms with E-state index < -0.39 is 0 Å². The first-order chi connectivity index (χ1) is 9.74. The molecule has 0 radical (unpaired) electrons. The predicted molar refractivity (Wildman–Crippen MR) is 83.5 cm³/mol. The highest BCUT2D eigenvalue weighted by Gasteiger charge is 2.37. The van der Waals surface area contributed by atoms with E-state index in [2.05, 4.69) is 35.3 Å². The topological polar surface area (TPSA) is 24.5 Å². The summed E-state index contributed by atoms with van der Waals surface area (Å²) in [6.45, 7) is 4.65. The highest BCUT2D eigenvalue weighted by atomic mass is 16.5. The van der Waals surface area contributed by atoms with Crippen molar-refractivity contribution in [1.82, 2.24) is 5.32 Å². The number of benzene rings is 1. The standard InChI is InChI=1S/C17H26N2O/c1-12(18-2)17-15(8-5-9-16(17)20-3)19-10-13-6-4-7-14(13)11-19/h5,8-9,12-14,18H,4,6-7,10-11H2,1-3H3. The molecule has 3 nitrogen and oxygen atoms in total. The Balaban J connectivity index is 1.93. The van der Waals surface area contributed by atoms with Gasteiger partial charge in [0.2, 0.25) is 0 Å². The zero-order chi connectivity index (χ0) is 14.1. The SMILES string of the molecule is CNC(C)c1c(OC)cccc1N1CC2CCCC2C1.